The highest BCUT2D eigenvalue weighted by Crippen LogP contribution is 2.31. The smallest absolute Gasteiger partial charge is 0.0773 e. The molecule has 2 heteroatoms. The quantitative estimate of drug-likeness (QED) is 0.762. The molecule has 90 valence electrons. The van der Waals surface area contributed by atoms with Crippen molar-refractivity contribution < 1.29 is 9.84 Å². The van der Waals surface area contributed by atoms with Gasteiger partial charge in [0, 0.05) is 0 Å². The van der Waals surface area contributed by atoms with Crippen molar-refractivity contribution in [3.05, 3.63) is 0 Å². The molecule has 1 rings (SSSR count). The third-order valence-corrected chi connectivity index (χ3v) is 3.54. The fourth-order valence-electron chi connectivity index (χ4n) is 2.62. The molecule has 1 N–H and O–H groups in total. The first-order chi connectivity index (χ1) is 7.15. The SMILES string of the molecule is CCCC(O)COC1C(C)CCCC1C. The van der Waals surface area contributed by atoms with Crippen LogP contribution in [0.2, 0.25) is 0 Å². The molecule has 2 nitrogen and oxygen atoms in total. The summed E-state index contributed by atoms with van der Waals surface area (Å²) in [5.41, 5.74) is 0. The second-order valence-corrected chi connectivity index (χ2v) is 5.13. The predicted octanol–water partition coefficient (Wildman–Crippen LogP) is 2.99. The van der Waals surface area contributed by atoms with E-state index in [1.165, 1.54) is 19.3 Å². The van der Waals surface area contributed by atoms with Gasteiger partial charge in [-0.05, 0) is 31.1 Å². The van der Waals surface area contributed by atoms with Gasteiger partial charge >= 0.3 is 0 Å². The van der Waals surface area contributed by atoms with E-state index in [9.17, 15) is 5.11 Å². The highest BCUT2D eigenvalue weighted by Gasteiger charge is 2.28. The lowest BCUT2D eigenvalue weighted by atomic mass is 9.80. The van der Waals surface area contributed by atoms with Gasteiger partial charge in [-0.1, -0.05) is 33.6 Å². The van der Waals surface area contributed by atoms with Crippen molar-refractivity contribution in [2.45, 2.75) is 65.1 Å². The molecule has 3 atom stereocenters. The van der Waals surface area contributed by atoms with Crippen LogP contribution in [0.5, 0.6) is 0 Å². The van der Waals surface area contributed by atoms with Gasteiger partial charge in [0.2, 0.25) is 0 Å². The zero-order valence-corrected chi connectivity index (χ0v) is 10.4. The Balaban J connectivity index is 2.28. The minimum atomic E-state index is -0.267. The molecule has 0 bridgehead atoms. The first kappa shape index (κ1) is 13.0. The van der Waals surface area contributed by atoms with Crippen molar-refractivity contribution in [2.24, 2.45) is 11.8 Å². The van der Waals surface area contributed by atoms with E-state index >= 15 is 0 Å². The van der Waals surface area contributed by atoms with Crippen LogP contribution < -0.4 is 0 Å². The minimum Gasteiger partial charge on any atom is -0.391 e. The number of aliphatic hydroxyl groups is 1. The summed E-state index contributed by atoms with van der Waals surface area (Å²) in [4.78, 5) is 0. The summed E-state index contributed by atoms with van der Waals surface area (Å²) in [5, 5.41) is 9.63. The van der Waals surface area contributed by atoms with Gasteiger partial charge in [-0.15, -0.1) is 0 Å². The van der Waals surface area contributed by atoms with E-state index in [1.54, 1.807) is 0 Å². The molecule has 1 aliphatic rings. The molecule has 0 aromatic rings. The van der Waals surface area contributed by atoms with Crippen molar-refractivity contribution in [3.8, 4) is 0 Å². The van der Waals surface area contributed by atoms with Crippen LogP contribution in [0.3, 0.4) is 0 Å². The normalized spacial score (nSPS) is 34.0. The van der Waals surface area contributed by atoms with Crippen LogP contribution in [-0.4, -0.2) is 23.9 Å². The van der Waals surface area contributed by atoms with Crippen LogP contribution in [0.4, 0.5) is 0 Å². The number of aliphatic hydroxyl groups excluding tert-OH is 1. The fraction of sp³-hybridized carbons (Fsp3) is 1.00. The predicted molar refractivity (Wildman–Crippen MR) is 62.8 cm³/mol. The monoisotopic (exact) mass is 214 g/mol. The molecular weight excluding hydrogens is 188 g/mol. The van der Waals surface area contributed by atoms with E-state index < -0.39 is 0 Å². The van der Waals surface area contributed by atoms with E-state index in [-0.39, 0.29) is 6.10 Å². The van der Waals surface area contributed by atoms with Gasteiger partial charge in [0.25, 0.3) is 0 Å². The van der Waals surface area contributed by atoms with Gasteiger partial charge < -0.3 is 9.84 Å². The maximum Gasteiger partial charge on any atom is 0.0773 e. The van der Waals surface area contributed by atoms with Crippen LogP contribution in [0.1, 0.15) is 52.9 Å². The summed E-state index contributed by atoms with van der Waals surface area (Å²) < 4.78 is 5.87. The highest BCUT2D eigenvalue weighted by atomic mass is 16.5. The number of ether oxygens (including phenoxy) is 1. The zero-order valence-electron chi connectivity index (χ0n) is 10.4. The second-order valence-electron chi connectivity index (χ2n) is 5.13. The van der Waals surface area contributed by atoms with Gasteiger partial charge in [-0.25, -0.2) is 0 Å². The third kappa shape index (κ3) is 4.12. The summed E-state index contributed by atoms with van der Waals surface area (Å²) >= 11 is 0. The fourth-order valence-corrected chi connectivity index (χ4v) is 2.62. The van der Waals surface area contributed by atoms with Gasteiger partial charge in [-0.3, -0.25) is 0 Å². The molecule has 0 spiro atoms. The average molecular weight is 214 g/mol. The molecule has 0 amide bonds. The second kappa shape index (κ2) is 6.49. The van der Waals surface area contributed by atoms with Crippen LogP contribution >= 0.6 is 0 Å². The molecule has 0 heterocycles. The molecule has 0 saturated heterocycles. The van der Waals surface area contributed by atoms with E-state index in [2.05, 4.69) is 20.8 Å². The van der Waals surface area contributed by atoms with Crippen LogP contribution in [-0.2, 0) is 4.74 Å². The lowest BCUT2D eigenvalue weighted by Gasteiger charge is -2.34. The maximum absolute atomic E-state index is 9.63. The Kier molecular flexibility index (Phi) is 5.62. The highest BCUT2D eigenvalue weighted by molar-refractivity contribution is 4.78. The Labute approximate surface area is 94.0 Å². The molecule has 0 aromatic heterocycles. The summed E-state index contributed by atoms with van der Waals surface area (Å²) in [7, 11) is 0. The Morgan fingerprint density at radius 2 is 1.87 bits per heavy atom. The van der Waals surface area contributed by atoms with Gasteiger partial charge in [-0.2, -0.15) is 0 Å². The molecule has 3 unspecified atom stereocenters. The summed E-state index contributed by atoms with van der Waals surface area (Å²) in [5.74, 6) is 1.31. The number of hydrogen-bond donors (Lipinski definition) is 1. The van der Waals surface area contributed by atoms with E-state index in [0.717, 1.165) is 12.8 Å². The van der Waals surface area contributed by atoms with Crippen molar-refractivity contribution in [3.63, 3.8) is 0 Å². The topological polar surface area (TPSA) is 29.5 Å². The first-order valence-electron chi connectivity index (χ1n) is 6.44. The van der Waals surface area contributed by atoms with Gasteiger partial charge in [0.15, 0.2) is 0 Å². The lowest BCUT2D eigenvalue weighted by Crippen LogP contribution is -2.35. The average Bonchev–Trinajstić information content (AvgIpc) is 2.17. The molecule has 1 fully saturated rings. The van der Waals surface area contributed by atoms with E-state index in [0.29, 0.717) is 24.5 Å². The molecule has 15 heavy (non-hydrogen) atoms. The molecule has 0 aliphatic heterocycles. The van der Waals surface area contributed by atoms with Gasteiger partial charge in [0.1, 0.15) is 0 Å². The Hall–Kier alpha value is -0.0800. The zero-order chi connectivity index (χ0) is 11.3. The minimum absolute atomic E-state index is 0.267. The van der Waals surface area contributed by atoms with E-state index in [1.807, 2.05) is 0 Å². The van der Waals surface area contributed by atoms with Crippen LogP contribution in [0, 0.1) is 11.8 Å². The largest absolute Gasteiger partial charge is 0.391 e. The third-order valence-electron chi connectivity index (χ3n) is 3.54. The lowest BCUT2D eigenvalue weighted by molar-refractivity contribution is -0.0710. The standard InChI is InChI=1S/C13H26O2/c1-4-6-12(14)9-15-13-10(2)7-5-8-11(13)3/h10-14H,4-9H2,1-3H3. The molecule has 0 radical (unpaired) electrons. The molecular formula is C13H26O2. The Bertz CT molecular complexity index is 160. The first-order valence-corrected chi connectivity index (χ1v) is 6.44. The summed E-state index contributed by atoms with van der Waals surface area (Å²) in [6.45, 7) is 7.15. The van der Waals surface area contributed by atoms with E-state index in [4.69, 9.17) is 4.74 Å². The molecule has 0 aromatic carbocycles. The van der Waals surface area contributed by atoms with Crippen molar-refractivity contribution >= 4 is 0 Å². The van der Waals surface area contributed by atoms with Gasteiger partial charge in [0.05, 0.1) is 18.8 Å². The van der Waals surface area contributed by atoms with Crippen molar-refractivity contribution in [1.29, 1.82) is 0 Å². The number of rotatable bonds is 5. The number of hydrogen-bond acceptors (Lipinski definition) is 2. The molecule has 1 aliphatic carbocycles. The van der Waals surface area contributed by atoms with Crippen LogP contribution in [0.25, 0.3) is 0 Å². The Morgan fingerprint density at radius 1 is 1.27 bits per heavy atom. The maximum atomic E-state index is 9.63. The summed E-state index contributed by atoms with van der Waals surface area (Å²) in [6.07, 6.45) is 5.87. The van der Waals surface area contributed by atoms with Crippen molar-refractivity contribution in [1.82, 2.24) is 0 Å². The summed E-state index contributed by atoms with van der Waals surface area (Å²) in [6, 6.07) is 0. The van der Waals surface area contributed by atoms with Crippen molar-refractivity contribution in [2.75, 3.05) is 6.61 Å². The van der Waals surface area contributed by atoms with Crippen LogP contribution in [0.15, 0.2) is 0 Å². The Morgan fingerprint density at radius 3 is 2.40 bits per heavy atom. The molecule has 1 saturated carbocycles.